The minimum atomic E-state index is -2.60. The number of H-pyrrole nitrogens is 1. The second-order valence-corrected chi connectivity index (χ2v) is 8.51. The maximum absolute atomic E-state index is 13.4. The number of pyridine rings is 1. The molecular weight excluding hydrogens is 438 g/mol. The smallest absolute Gasteiger partial charge is 0.248 e. The number of hydrogen-bond donors (Lipinski definition) is 3. The van der Waals surface area contributed by atoms with E-state index in [1.165, 1.54) is 6.33 Å². The first-order valence-electron chi connectivity index (χ1n) is 10.3. The number of nitrogens with one attached hydrogen (secondary N) is 3. The van der Waals surface area contributed by atoms with Gasteiger partial charge in [0.05, 0.1) is 16.5 Å². The van der Waals surface area contributed by atoms with Crippen LogP contribution in [0, 0.1) is 0 Å². The fourth-order valence-electron chi connectivity index (χ4n) is 3.69. The minimum Gasteiger partial charge on any atom is -0.367 e. The molecule has 32 heavy (non-hydrogen) atoms. The quantitative estimate of drug-likeness (QED) is 0.329. The van der Waals surface area contributed by atoms with E-state index in [1.54, 1.807) is 24.5 Å². The third kappa shape index (κ3) is 4.72. The van der Waals surface area contributed by atoms with Crippen molar-refractivity contribution in [1.29, 1.82) is 0 Å². The lowest BCUT2D eigenvalue weighted by molar-refractivity contribution is -0.0361. The summed E-state index contributed by atoms with van der Waals surface area (Å²) in [6.07, 6.45) is 5.17. The second kappa shape index (κ2) is 8.82. The van der Waals surface area contributed by atoms with E-state index in [1.807, 2.05) is 13.8 Å². The fraction of sp³-hybridized carbons (Fsp3) is 0.364. The first-order chi connectivity index (χ1) is 15.2. The molecule has 0 aliphatic heterocycles. The summed E-state index contributed by atoms with van der Waals surface area (Å²) in [6.45, 7) is 3.88. The van der Waals surface area contributed by atoms with E-state index in [0.29, 0.717) is 41.1 Å². The van der Waals surface area contributed by atoms with Crippen LogP contribution in [-0.4, -0.2) is 37.7 Å². The fourth-order valence-corrected chi connectivity index (χ4v) is 3.93. The van der Waals surface area contributed by atoms with Gasteiger partial charge in [0.25, 0.3) is 0 Å². The highest BCUT2D eigenvalue weighted by Crippen LogP contribution is 2.34. The van der Waals surface area contributed by atoms with Crippen molar-refractivity contribution in [2.75, 3.05) is 10.6 Å². The summed E-state index contributed by atoms with van der Waals surface area (Å²) in [4.78, 5) is 29.0. The van der Waals surface area contributed by atoms with Gasteiger partial charge in [0.1, 0.15) is 28.8 Å². The van der Waals surface area contributed by atoms with E-state index in [0.717, 1.165) is 5.57 Å². The number of rotatable bonds is 6. The molecule has 0 saturated heterocycles. The van der Waals surface area contributed by atoms with E-state index >= 15 is 0 Å². The zero-order chi connectivity index (χ0) is 22.9. The van der Waals surface area contributed by atoms with Crippen molar-refractivity contribution in [3.05, 3.63) is 52.7 Å². The number of allylic oxidation sites excluding steroid dienone is 1. The van der Waals surface area contributed by atoms with Gasteiger partial charge in [-0.05, 0) is 38.8 Å². The van der Waals surface area contributed by atoms with E-state index in [4.69, 9.17) is 11.6 Å². The molecule has 4 rings (SSSR count). The van der Waals surface area contributed by atoms with Crippen LogP contribution in [0.4, 0.5) is 20.4 Å². The molecule has 1 fully saturated rings. The van der Waals surface area contributed by atoms with Gasteiger partial charge in [-0.15, -0.1) is 0 Å². The standard InChI is InChI=1S/C22H23ClF2N6O/c1-12(2)9-26-20-17-15(10-27-21(17)29-11-28-20)18(32)14-3-4-16(31-19(14)23)30-13-5-7-22(24,25)8-6-13/h3-4,9-11,13H,5-8H2,1-2H3,(H,30,31)(H2,26,27,28,29). The Labute approximate surface area is 188 Å². The number of aromatic amines is 1. The van der Waals surface area contributed by atoms with Crippen LogP contribution in [0.1, 0.15) is 55.5 Å². The van der Waals surface area contributed by atoms with Crippen molar-refractivity contribution < 1.29 is 13.6 Å². The van der Waals surface area contributed by atoms with Crippen LogP contribution in [-0.2, 0) is 0 Å². The van der Waals surface area contributed by atoms with Crippen molar-refractivity contribution in [1.82, 2.24) is 19.9 Å². The monoisotopic (exact) mass is 460 g/mol. The molecule has 1 saturated carbocycles. The lowest BCUT2D eigenvalue weighted by Gasteiger charge is -2.29. The van der Waals surface area contributed by atoms with Crippen molar-refractivity contribution >= 4 is 40.1 Å². The lowest BCUT2D eigenvalue weighted by Crippen LogP contribution is -2.32. The van der Waals surface area contributed by atoms with Crippen molar-refractivity contribution in [2.45, 2.75) is 51.5 Å². The summed E-state index contributed by atoms with van der Waals surface area (Å²) in [5, 5.41) is 6.83. The molecule has 7 nitrogen and oxygen atoms in total. The summed E-state index contributed by atoms with van der Waals surface area (Å²) in [6, 6.07) is 3.12. The van der Waals surface area contributed by atoms with Gasteiger partial charge < -0.3 is 15.6 Å². The van der Waals surface area contributed by atoms with Crippen LogP contribution in [0.15, 0.2) is 36.4 Å². The Balaban J connectivity index is 1.57. The van der Waals surface area contributed by atoms with Crippen molar-refractivity contribution in [3.63, 3.8) is 0 Å². The van der Waals surface area contributed by atoms with Crippen LogP contribution in [0.25, 0.3) is 11.0 Å². The highest BCUT2D eigenvalue weighted by Gasteiger charge is 2.35. The average Bonchev–Trinajstić information content (AvgIpc) is 3.18. The predicted molar refractivity (Wildman–Crippen MR) is 120 cm³/mol. The molecular formula is C22H23ClF2N6O. The molecule has 3 heterocycles. The molecule has 0 bridgehead atoms. The number of alkyl halides is 2. The minimum absolute atomic E-state index is 0.0335. The van der Waals surface area contributed by atoms with Gasteiger partial charge >= 0.3 is 0 Å². The Morgan fingerprint density at radius 2 is 1.97 bits per heavy atom. The number of halogens is 3. The summed E-state index contributed by atoms with van der Waals surface area (Å²) in [7, 11) is 0. The molecule has 3 aromatic heterocycles. The number of ketones is 1. The summed E-state index contributed by atoms with van der Waals surface area (Å²) in [5.74, 6) is -1.97. The molecule has 3 N–H and O–H groups in total. The van der Waals surface area contributed by atoms with E-state index < -0.39 is 5.92 Å². The van der Waals surface area contributed by atoms with Gasteiger partial charge in [-0.3, -0.25) is 4.79 Å². The van der Waals surface area contributed by atoms with Crippen LogP contribution < -0.4 is 10.6 Å². The largest absolute Gasteiger partial charge is 0.367 e. The molecule has 0 atom stereocenters. The normalized spacial score (nSPS) is 16.0. The third-order valence-corrected chi connectivity index (χ3v) is 5.66. The average molecular weight is 461 g/mol. The van der Waals surface area contributed by atoms with Crippen LogP contribution in [0.3, 0.4) is 0 Å². The van der Waals surface area contributed by atoms with E-state index in [2.05, 4.69) is 30.6 Å². The summed E-state index contributed by atoms with van der Waals surface area (Å²) >= 11 is 6.34. The van der Waals surface area contributed by atoms with Gasteiger partial charge in [0, 0.05) is 31.3 Å². The molecule has 168 valence electrons. The molecule has 10 heteroatoms. The Morgan fingerprint density at radius 3 is 2.66 bits per heavy atom. The Morgan fingerprint density at radius 1 is 1.22 bits per heavy atom. The summed E-state index contributed by atoms with van der Waals surface area (Å²) < 4.78 is 26.7. The number of nitrogens with zero attached hydrogens (tertiary/aromatic N) is 3. The highest BCUT2D eigenvalue weighted by molar-refractivity contribution is 6.34. The molecule has 0 unspecified atom stereocenters. The lowest BCUT2D eigenvalue weighted by atomic mass is 9.92. The maximum atomic E-state index is 13.4. The van der Waals surface area contributed by atoms with E-state index in [-0.39, 0.29) is 35.4 Å². The number of fused-ring (bicyclic) bond motifs is 1. The van der Waals surface area contributed by atoms with Gasteiger partial charge in [-0.25, -0.2) is 23.7 Å². The van der Waals surface area contributed by atoms with Gasteiger partial charge in [0.2, 0.25) is 5.92 Å². The van der Waals surface area contributed by atoms with Crippen LogP contribution >= 0.6 is 11.6 Å². The molecule has 0 spiro atoms. The van der Waals surface area contributed by atoms with Gasteiger partial charge in [-0.2, -0.15) is 0 Å². The Bertz CT molecular complexity index is 1180. The van der Waals surface area contributed by atoms with Crippen LogP contribution in [0.2, 0.25) is 5.15 Å². The predicted octanol–water partition coefficient (Wildman–Crippen LogP) is 5.56. The Kier molecular flexibility index (Phi) is 6.10. The molecule has 3 aromatic rings. The molecule has 0 amide bonds. The number of carbonyl (C=O) groups excluding carboxylic acids is 1. The SMILES string of the molecule is CC(C)=CNc1ncnc2[nH]cc(C(=O)c3ccc(NC4CCC(F)(F)CC4)nc3Cl)c12. The zero-order valence-corrected chi connectivity index (χ0v) is 18.4. The van der Waals surface area contributed by atoms with E-state index in [9.17, 15) is 13.6 Å². The number of anilines is 2. The molecule has 0 aromatic carbocycles. The van der Waals surface area contributed by atoms with Gasteiger partial charge in [0.15, 0.2) is 5.78 Å². The van der Waals surface area contributed by atoms with Crippen LogP contribution in [0.5, 0.6) is 0 Å². The number of carbonyl (C=O) groups is 1. The second-order valence-electron chi connectivity index (χ2n) is 8.15. The van der Waals surface area contributed by atoms with Gasteiger partial charge in [-0.1, -0.05) is 17.2 Å². The number of aromatic nitrogens is 4. The van der Waals surface area contributed by atoms with Crippen molar-refractivity contribution in [3.8, 4) is 0 Å². The Hall–Kier alpha value is -3.07. The molecule has 0 radical (unpaired) electrons. The molecule has 1 aliphatic carbocycles. The third-order valence-electron chi connectivity index (χ3n) is 5.37. The zero-order valence-electron chi connectivity index (χ0n) is 17.7. The van der Waals surface area contributed by atoms with Crippen molar-refractivity contribution in [2.24, 2.45) is 0 Å². The topological polar surface area (TPSA) is 95.6 Å². The first kappa shape index (κ1) is 22.1. The maximum Gasteiger partial charge on any atom is 0.248 e. The summed E-state index contributed by atoms with van der Waals surface area (Å²) in [5.41, 5.74) is 2.15. The first-order valence-corrected chi connectivity index (χ1v) is 10.7. The molecule has 1 aliphatic rings. The highest BCUT2D eigenvalue weighted by atomic mass is 35.5. The number of hydrogen-bond acceptors (Lipinski definition) is 6.